The highest BCUT2D eigenvalue weighted by molar-refractivity contribution is 7.90. The van der Waals surface area contributed by atoms with E-state index in [2.05, 4.69) is 5.32 Å². The van der Waals surface area contributed by atoms with Crippen molar-refractivity contribution in [2.75, 3.05) is 39.1 Å². The number of likely N-dealkylation sites (N-methyl/N-ethyl adjacent to an activating group) is 1. The molecule has 0 aromatic carbocycles. The van der Waals surface area contributed by atoms with Crippen molar-refractivity contribution in [1.82, 2.24) is 9.62 Å². The van der Waals surface area contributed by atoms with Gasteiger partial charge < -0.3 is 10.1 Å². The van der Waals surface area contributed by atoms with E-state index in [1.54, 1.807) is 7.11 Å². The molecule has 8 heteroatoms. The quantitative estimate of drug-likeness (QED) is 0.482. The zero-order valence-corrected chi connectivity index (χ0v) is 11.0. The minimum Gasteiger partial charge on any atom is -0.385 e. The maximum atomic E-state index is 11.3. The van der Waals surface area contributed by atoms with E-state index in [1.165, 1.54) is 7.05 Å². The van der Waals surface area contributed by atoms with Crippen molar-refractivity contribution in [3.05, 3.63) is 0 Å². The van der Waals surface area contributed by atoms with Gasteiger partial charge in [0.25, 0.3) is 0 Å². The molecular formula is C8H17ClN2O4S. The summed E-state index contributed by atoms with van der Waals surface area (Å²) in [7, 11) is -0.631. The summed E-state index contributed by atoms with van der Waals surface area (Å²) >= 11 is 5.24. The first-order chi connectivity index (χ1) is 7.44. The molecule has 1 N–H and O–H groups in total. The van der Waals surface area contributed by atoms with Crippen molar-refractivity contribution in [2.45, 2.75) is 6.42 Å². The van der Waals surface area contributed by atoms with Crippen LogP contribution in [0.15, 0.2) is 0 Å². The van der Waals surface area contributed by atoms with Gasteiger partial charge in [-0.25, -0.2) is 8.42 Å². The lowest BCUT2D eigenvalue weighted by molar-refractivity contribution is -0.121. The Balaban J connectivity index is 3.88. The molecule has 96 valence electrons. The molecule has 0 aromatic rings. The number of hydrogen-bond acceptors (Lipinski definition) is 4. The Labute approximate surface area is 101 Å². The third kappa shape index (κ3) is 6.26. The standard InChI is InChI=1S/C8H17ClN2O4S/c1-11(16(13,14)7-9)6-8(12)10-4-3-5-15-2/h3-7H2,1-2H3,(H,10,12). The highest BCUT2D eigenvalue weighted by atomic mass is 35.5. The summed E-state index contributed by atoms with van der Waals surface area (Å²) in [5.74, 6) is -0.354. The van der Waals surface area contributed by atoms with Gasteiger partial charge in [-0.3, -0.25) is 4.79 Å². The Morgan fingerprint density at radius 3 is 2.62 bits per heavy atom. The number of hydrogen-bond donors (Lipinski definition) is 1. The molecule has 0 aliphatic carbocycles. The summed E-state index contributed by atoms with van der Waals surface area (Å²) in [4.78, 5) is 11.3. The largest absolute Gasteiger partial charge is 0.385 e. The van der Waals surface area contributed by atoms with Crippen molar-refractivity contribution < 1.29 is 17.9 Å². The molecule has 0 spiro atoms. The van der Waals surface area contributed by atoms with Crippen LogP contribution < -0.4 is 5.32 Å². The maximum Gasteiger partial charge on any atom is 0.235 e. The number of ether oxygens (including phenoxy) is 1. The van der Waals surface area contributed by atoms with Crippen LogP contribution in [0.5, 0.6) is 0 Å². The van der Waals surface area contributed by atoms with Crippen molar-refractivity contribution in [2.24, 2.45) is 0 Å². The second kappa shape index (κ2) is 7.83. The molecule has 0 aliphatic heterocycles. The van der Waals surface area contributed by atoms with Crippen LogP contribution >= 0.6 is 11.6 Å². The SMILES string of the molecule is COCCCNC(=O)CN(C)S(=O)(=O)CCl. The topological polar surface area (TPSA) is 75.7 Å². The van der Waals surface area contributed by atoms with Crippen LogP contribution in [0.4, 0.5) is 0 Å². The number of carbonyl (C=O) groups excluding carboxylic acids is 1. The average Bonchev–Trinajstić information content (AvgIpc) is 2.24. The summed E-state index contributed by atoms with van der Waals surface area (Å²) < 4.78 is 28.1. The number of alkyl halides is 1. The van der Waals surface area contributed by atoms with E-state index < -0.39 is 15.2 Å². The molecule has 0 radical (unpaired) electrons. The lowest BCUT2D eigenvalue weighted by Gasteiger charge is -2.14. The minimum atomic E-state index is -3.52. The van der Waals surface area contributed by atoms with Gasteiger partial charge in [0.05, 0.1) is 6.54 Å². The van der Waals surface area contributed by atoms with Crippen LogP contribution in [0.25, 0.3) is 0 Å². The molecule has 0 heterocycles. The number of carbonyl (C=O) groups is 1. The van der Waals surface area contributed by atoms with Gasteiger partial charge in [0.1, 0.15) is 5.21 Å². The maximum absolute atomic E-state index is 11.3. The first-order valence-electron chi connectivity index (χ1n) is 4.69. The number of amides is 1. The fourth-order valence-electron chi connectivity index (χ4n) is 0.884. The monoisotopic (exact) mass is 272 g/mol. The molecule has 0 aromatic heterocycles. The van der Waals surface area contributed by atoms with Gasteiger partial charge in [-0.2, -0.15) is 4.31 Å². The van der Waals surface area contributed by atoms with Crippen molar-refractivity contribution in [1.29, 1.82) is 0 Å². The first kappa shape index (κ1) is 15.6. The van der Waals surface area contributed by atoms with E-state index in [1.807, 2.05) is 0 Å². The fourth-order valence-corrected chi connectivity index (χ4v) is 1.86. The zero-order valence-electron chi connectivity index (χ0n) is 9.40. The van der Waals surface area contributed by atoms with Crippen LogP contribution in [0.1, 0.15) is 6.42 Å². The van der Waals surface area contributed by atoms with Crippen LogP contribution in [-0.4, -0.2) is 57.7 Å². The highest BCUT2D eigenvalue weighted by Crippen LogP contribution is 1.99. The van der Waals surface area contributed by atoms with E-state index in [4.69, 9.17) is 16.3 Å². The Bertz CT molecular complexity index is 307. The normalized spacial score (nSPS) is 11.8. The summed E-state index contributed by atoms with van der Waals surface area (Å²) in [6.45, 7) is 0.791. The molecule has 0 saturated carbocycles. The van der Waals surface area contributed by atoms with E-state index in [0.29, 0.717) is 19.6 Å². The van der Waals surface area contributed by atoms with Gasteiger partial charge in [0, 0.05) is 27.3 Å². The fraction of sp³-hybridized carbons (Fsp3) is 0.875. The van der Waals surface area contributed by atoms with Gasteiger partial charge in [0.15, 0.2) is 0 Å². The van der Waals surface area contributed by atoms with E-state index in [-0.39, 0.29) is 12.5 Å². The van der Waals surface area contributed by atoms with Gasteiger partial charge in [-0.1, -0.05) is 0 Å². The summed E-state index contributed by atoms with van der Waals surface area (Å²) in [6.07, 6.45) is 0.689. The Morgan fingerprint density at radius 1 is 1.50 bits per heavy atom. The number of rotatable bonds is 8. The molecule has 16 heavy (non-hydrogen) atoms. The Morgan fingerprint density at radius 2 is 2.12 bits per heavy atom. The van der Waals surface area contributed by atoms with E-state index in [9.17, 15) is 13.2 Å². The van der Waals surface area contributed by atoms with Gasteiger partial charge in [0.2, 0.25) is 15.9 Å². The van der Waals surface area contributed by atoms with Crippen LogP contribution in [0.3, 0.4) is 0 Å². The number of nitrogens with zero attached hydrogens (tertiary/aromatic N) is 1. The summed E-state index contributed by atoms with van der Waals surface area (Å²) in [6, 6.07) is 0. The predicted molar refractivity (Wildman–Crippen MR) is 61.8 cm³/mol. The van der Waals surface area contributed by atoms with Crippen LogP contribution in [-0.2, 0) is 19.6 Å². The molecule has 0 aliphatic rings. The first-order valence-corrected chi connectivity index (χ1v) is 6.84. The molecule has 0 saturated heterocycles. The summed E-state index contributed by atoms with van der Waals surface area (Å²) in [5.41, 5.74) is 0. The lowest BCUT2D eigenvalue weighted by Crippen LogP contribution is -2.39. The Hall–Kier alpha value is -0.370. The molecule has 6 nitrogen and oxygen atoms in total. The second-order valence-electron chi connectivity index (χ2n) is 3.17. The number of halogens is 1. The molecule has 0 fully saturated rings. The highest BCUT2D eigenvalue weighted by Gasteiger charge is 2.18. The van der Waals surface area contributed by atoms with Crippen LogP contribution in [0, 0.1) is 0 Å². The third-order valence-corrected chi connectivity index (χ3v) is 4.01. The van der Waals surface area contributed by atoms with Crippen molar-refractivity contribution >= 4 is 27.5 Å². The molecule has 0 unspecified atom stereocenters. The van der Waals surface area contributed by atoms with Gasteiger partial charge in [-0.05, 0) is 6.42 Å². The lowest BCUT2D eigenvalue weighted by atomic mass is 10.4. The van der Waals surface area contributed by atoms with Crippen LogP contribution in [0.2, 0.25) is 0 Å². The van der Waals surface area contributed by atoms with E-state index in [0.717, 1.165) is 4.31 Å². The number of methoxy groups -OCH3 is 1. The number of nitrogens with one attached hydrogen (secondary N) is 1. The molecular weight excluding hydrogens is 256 g/mol. The Kier molecular flexibility index (Phi) is 7.65. The summed E-state index contributed by atoms with van der Waals surface area (Å²) in [5, 5.41) is 2.05. The number of sulfonamides is 1. The molecule has 0 bridgehead atoms. The molecule has 1 amide bonds. The van der Waals surface area contributed by atoms with Crippen molar-refractivity contribution in [3.8, 4) is 0 Å². The smallest absolute Gasteiger partial charge is 0.235 e. The molecule has 0 atom stereocenters. The van der Waals surface area contributed by atoms with Crippen molar-refractivity contribution in [3.63, 3.8) is 0 Å². The third-order valence-electron chi connectivity index (χ3n) is 1.83. The van der Waals surface area contributed by atoms with Gasteiger partial charge >= 0.3 is 0 Å². The zero-order chi connectivity index (χ0) is 12.6. The predicted octanol–water partition coefficient (Wildman–Crippen LogP) is -0.403. The minimum absolute atomic E-state index is 0.220. The second-order valence-corrected chi connectivity index (χ2v) is 5.83. The molecule has 0 rings (SSSR count). The average molecular weight is 273 g/mol. The van der Waals surface area contributed by atoms with E-state index >= 15 is 0 Å². The van der Waals surface area contributed by atoms with Gasteiger partial charge in [-0.15, -0.1) is 11.6 Å².